The predicted octanol–water partition coefficient (Wildman–Crippen LogP) is 4.68. The van der Waals surface area contributed by atoms with Gasteiger partial charge in [-0.15, -0.1) is 0 Å². The number of hydrogen-bond donors (Lipinski definition) is 2. The molecule has 1 saturated heterocycles. The van der Waals surface area contributed by atoms with Gasteiger partial charge in [0, 0.05) is 24.8 Å². The zero-order chi connectivity index (χ0) is 27.7. The standard InChI is InChI=1S/C22H21F7N6O2S/c1-11-18(20(38-34-11)33-17-8-30-16(7-31-17)22(27,28)29)19(36)32-12-2-3-14(23)15(6-12)37-13-4-5-35(9-13)10-21(24,25)26/h2-3,6,8,13,16H,4-5,7,9-10H2,1H3,(H,31,33)(H,32,36). The molecule has 1 fully saturated rings. The molecule has 206 valence electrons. The summed E-state index contributed by atoms with van der Waals surface area (Å²) in [5, 5.41) is 5.55. The summed E-state index contributed by atoms with van der Waals surface area (Å²) in [6.45, 7) is -0.0123. The van der Waals surface area contributed by atoms with Gasteiger partial charge in [0.2, 0.25) is 0 Å². The number of aliphatic imine (C=N–C) groups is 2. The quantitative estimate of drug-likeness (QED) is 0.496. The summed E-state index contributed by atoms with van der Waals surface area (Å²) >= 11 is 0.890. The maximum Gasteiger partial charge on any atom is 0.412 e. The van der Waals surface area contributed by atoms with E-state index in [-0.39, 0.29) is 47.3 Å². The van der Waals surface area contributed by atoms with Crippen LogP contribution in [0.25, 0.3) is 0 Å². The van der Waals surface area contributed by atoms with Crippen LogP contribution in [0.2, 0.25) is 0 Å². The van der Waals surface area contributed by atoms with Gasteiger partial charge in [0.25, 0.3) is 5.91 Å². The van der Waals surface area contributed by atoms with Gasteiger partial charge in [-0.1, -0.05) is 0 Å². The van der Waals surface area contributed by atoms with E-state index in [4.69, 9.17) is 4.74 Å². The highest BCUT2D eigenvalue weighted by molar-refractivity contribution is 7.11. The average Bonchev–Trinajstić information content (AvgIpc) is 3.40. The van der Waals surface area contributed by atoms with Crippen molar-refractivity contribution in [1.29, 1.82) is 0 Å². The van der Waals surface area contributed by atoms with Gasteiger partial charge in [0.15, 0.2) is 17.6 Å². The highest BCUT2D eigenvalue weighted by atomic mass is 32.1. The van der Waals surface area contributed by atoms with E-state index in [9.17, 15) is 35.5 Å². The number of rotatable bonds is 6. The number of halogens is 7. The summed E-state index contributed by atoms with van der Waals surface area (Å²) in [4.78, 5) is 21.4. The van der Waals surface area contributed by atoms with Crippen LogP contribution in [0.4, 0.5) is 41.4 Å². The summed E-state index contributed by atoms with van der Waals surface area (Å²) in [5.41, 5.74) is 0.568. The lowest BCUT2D eigenvalue weighted by Gasteiger charge is -2.19. The number of hydrogen-bond acceptors (Lipinski definition) is 8. The predicted molar refractivity (Wildman–Crippen MR) is 127 cm³/mol. The molecule has 2 aliphatic heterocycles. The lowest BCUT2D eigenvalue weighted by molar-refractivity contribution is -0.145. The van der Waals surface area contributed by atoms with E-state index >= 15 is 0 Å². The molecule has 3 heterocycles. The zero-order valence-electron chi connectivity index (χ0n) is 19.7. The Morgan fingerprint density at radius 1 is 1.24 bits per heavy atom. The Kier molecular flexibility index (Phi) is 7.92. The second kappa shape index (κ2) is 10.8. The van der Waals surface area contributed by atoms with Gasteiger partial charge >= 0.3 is 12.4 Å². The van der Waals surface area contributed by atoms with E-state index in [1.165, 1.54) is 17.0 Å². The number of alkyl halides is 6. The minimum Gasteiger partial charge on any atom is -0.486 e. The summed E-state index contributed by atoms with van der Waals surface area (Å²) in [6.07, 6.45) is -8.32. The van der Waals surface area contributed by atoms with Crippen LogP contribution in [0.1, 0.15) is 22.5 Å². The Bertz CT molecular complexity index is 1240. The van der Waals surface area contributed by atoms with Crippen molar-refractivity contribution in [3.63, 3.8) is 0 Å². The molecule has 2 aliphatic rings. The summed E-state index contributed by atoms with van der Waals surface area (Å²) < 4.78 is 100. The Labute approximate surface area is 215 Å². The molecular formula is C22H21F7N6O2S. The average molecular weight is 567 g/mol. The molecule has 2 aromatic rings. The number of aryl methyl sites for hydroxylation is 1. The third-order valence-corrected chi connectivity index (χ3v) is 6.49. The van der Waals surface area contributed by atoms with Crippen molar-refractivity contribution in [2.45, 2.75) is 37.8 Å². The molecule has 0 saturated carbocycles. The number of likely N-dealkylation sites (tertiary alicyclic amines) is 1. The smallest absolute Gasteiger partial charge is 0.412 e. The fourth-order valence-corrected chi connectivity index (χ4v) is 4.67. The molecule has 0 bridgehead atoms. The van der Waals surface area contributed by atoms with E-state index in [0.717, 1.165) is 23.8 Å². The molecule has 2 atom stereocenters. The minimum atomic E-state index is -4.52. The number of aromatic nitrogens is 1. The van der Waals surface area contributed by atoms with Crippen LogP contribution in [0.15, 0.2) is 28.2 Å². The Morgan fingerprint density at radius 3 is 2.66 bits per heavy atom. The van der Waals surface area contributed by atoms with E-state index in [2.05, 4.69) is 25.0 Å². The highest BCUT2D eigenvalue weighted by Crippen LogP contribution is 2.30. The van der Waals surface area contributed by atoms with Crippen molar-refractivity contribution in [1.82, 2.24) is 9.27 Å². The molecule has 2 N–H and O–H groups in total. The van der Waals surface area contributed by atoms with Crippen LogP contribution in [0, 0.1) is 12.7 Å². The molecule has 0 spiro atoms. The van der Waals surface area contributed by atoms with Crippen LogP contribution < -0.4 is 15.4 Å². The van der Waals surface area contributed by atoms with Gasteiger partial charge in [0.1, 0.15) is 16.9 Å². The largest absolute Gasteiger partial charge is 0.486 e. The molecule has 0 radical (unpaired) electrons. The Balaban J connectivity index is 1.41. The first kappa shape index (κ1) is 27.8. The first-order valence-corrected chi connectivity index (χ1v) is 12.0. The van der Waals surface area contributed by atoms with Gasteiger partial charge in [-0.05, 0) is 37.0 Å². The van der Waals surface area contributed by atoms with Gasteiger partial charge in [-0.25, -0.2) is 4.39 Å². The molecule has 1 aromatic heterocycles. The second-order valence-electron chi connectivity index (χ2n) is 8.64. The second-order valence-corrected chi connectivity index (χ2v) is 9.41. The monoisotopic (exact) mass is 566 g/mol. The lowest BCUT2D eigenvalue weighted by atomic mass is 10.2. The van der Waals surface area contributed by atoms with E-state index in [1.807, 2.05) is 0 Å². The van der Waals surface area contributed by atoms with E-state index in [1.54, 1.807) is 6.92 Å². The van der Waals surface area contributed by atoms with Crippen LogP contribution in [-0.2, 0) is 0 Å². The number of ether oxygens (including phenoxy) is 1. The first-order valence-electron chi connectivity index (χ1n) is 11.2. The molecule has 1 aromatic carbocycles. The van der Waals surface area contributed by atoms with Crippen molar-refractivity contribution in [2.24, 2.45) is 9.98 Å². The molecule has 0 aliphatic carbocycles. The maximum atomic E-state index is 14.3. The number of carbonyl (C=O) groups is 1. The van der Waals surface area contributed by atoms with Crippen molar-refractivity contribution in [3.05, 3.63) is 35.3 Å². The van der Waals surface area contributed by atoms with Crippen molar-refractivity contribution < 1.29 is 40.3 Å². The Hall–Kier alpha value is -3.27. The van der Waals surface area contributed by atoms with Gasteiger partial charge in [0.05, 0.1) is 30.6 Å². The first-order chi connectivity index (χ1) is 17.8. The van der Waals surface area contributed by atoms with Crippen LogP contribution in [-0.4, -0.2) is 77.9 Å². The normalized spacial score (nSPS) is 20.4. The minimum absolute atomic E-state index is 0.0248. The van der Waals surface area contributed by atoms with Crippen LogP contribution in [0.3, 0.4) is 0 Å². The van der Waals surface area contributed by atoms with Crippen molar-refractivity contribution in [2.75, 3.05) is 36.8 Å². The fraction of sp³-hybridized carbons (Fsp3) is 0.455. The third kappa shape index (κ3) is 6.98. The SMILES string of the molecule is Cc1nsc(NC2=NCC(C(F)(F)F)N=C2)c1C(=O)Nc1ccc(F)c(OC2CCN(CC(F)(F)F)C2)c1. The number of nitrogens with zero attached hydrogens (tertiary/aromatic N) is 4. The zero-order valence-corrected chi connectivity index (χ0v) is 20.5. The number of amides is 1. The number of anilines is 2. The maximum absolute atomic E-state index is 14.3. The molecule has 1 amide bonds. The Morgan fingerprint density at radius 2 is 2.00 bits per heavy atom. The molecule has 8 nitrogen and oxygen atoms in total. The molecule has 2 unspecified atom stereocenters. The number of carbonyl (C=O) groups excluding carboxylic acids is 1. The number of benzene rings is 1. The topological polar surface area (TPSA) is 91.2 Å². The molecule has 4 rings (SSSR count). The summed E-state index contributed by atoms with van der Waals surface area (Å²) in [7, 11) is 0. The summed E-state index contributed by atoms with van der Waals surface area (Å²) in [6, 6.07) is 1.61. The molecule has 38 heavy (non-hydrogen) atoms. The molecule has 16 heteroatoms. The van der Waals surface area contributed by atoms with Gasteiger partial charge in [-0.2, -0.15) is 30.7 Å². The van der Waals surface area contributed by atoms with E-state index in [0.29, 0.717) is 5.69 Å². The lowest BCUT2D eigenvalue weighted by Crippen LogP contribution is -2.34. The van der Waals surface area contributed by atoms with Crippen LogP contribution >= 0.6 is 11.5 Å². The van der Waals surface area contributed by atoms with Gasteiger partial charge < -0.3 is 15.4 Å². The van der Waals surface area contributed by atoms with Crippen molar-refractivity contribution >= 4 is 40.2 Å². The fourth-order valence-electron chi connectivity index (χ4n) is 3.87. The molecular weight excluding hydrogens is 545 g/mol. The van der Waals surface area contributed by atoms with Crippen LogP contribution in [0.5, 0.6) is 5.75 Å². The van der Waals surface area contributed by atoms with Crippen molar-refractivity contribution in [3.8, 4) is 5.75 Å². The van der Waals surface area contributed by atoms with E-state index < -0.39 is 49.3 Å². The number of amidine groups is 1. The number of nitrogens with one attached hydrogen (secondary N) is 2. The highest BCUT2D eigenvalue weighted by Gasteiger charge is 2.40. The van der Waals surface area contributed by atoms with Gasteiger partial charge in [-0.3, -0.25) is 19.7 Å². The summed E-state index contributed by atoms with van der Waals surface area (Å²) in [5.74, 6) is -1.60. The third-order valence-electron chi connectivity index (χ3n) is 5.64.